The Hall–Kier alpha value is -3.87. The van der Waals surface area contributed by atoms with E-state index in [1.807, 2.05) is 53.1 Å². The number of allylic oxidation sites excluding steroid dienone is 1. The molecular weight excluding hydrogens is 426 g/mol. The van der Waals surface area contributed by atoms with E-state index in [0.29, 0.717) is 35.6 Å². The highest BCUT2D eigenvalue weighted by molar-refractivity contribution is 6.10. The monoisotopic (exact) mass is 455 g/mol. The van der Waals surface area contributed by atoms with Crippen molar-refractivity contribution in [2.75, 3.05) is 19.4 Å². The molecule has 1 aliphatic rings. The van der Waals surface area contributed by atoms with Crippen molar-refractivity contribution in [1.29, 1.82) is 0 Å². The van der Waals surface area contributed by atoms with Crippen LogP contribution in [0.5, 0.6) is 5.75 Å². The molecule has 2 aromatic carbocycles. The summed E-state index contributed by atoms with van der Waals surface area (Å²) in [4.78, 5) is 22.9. The smallest absolute Gasteiger partial charge is 0.257 e. The van der Waals surface area contributed by atoms with E-state index in [9.17, 15) is 4.79 Å². The van der Waals surface area contributed by atoms with Gasteiger partial charge in [0.25, 0.3) is 5.91 Å². The van der Waals surface area contributed by atoms with Crippen LogP contribution in [0, 0.1) is 0 Å². The number of rotatable bonds is 7. The van der Waals surface area contributed by atoms with Gasteiger partial charge in [0.15, 0.2) is 5.65 Å². The lowest BCUT2D eigenvalue weighted by atomic mass is 9.97. The highest BCUT2D eigenvalue weighted by Gasteiger charge is 2.24. The molecule has 0 unspecified atom stereocenters. The maximum absolute atomic E-state index is 13.3. The molecule has 0 saturated carbocycles. The van der Waals surface area contributed by atoms with E-state index < -0.39 is 0 Å². The molecule has 2 heterocycles. The van der Waals surface area contributed by atoms with Crippen molar-refractivity contribution in [3.05, 3.63) is 71.3 Å². The van der Waals surface area contributed by atoms with Gasteiger partial charge in [0.1, 0.15) is 22.6 Å². The third-order valence-electron chi connectivity index (χ3n) is 6.44. The molecule has 0 fully saturated rings. The Labute approximate surface area is 198 Å². The second-order valence-corrected chi connectivity index (χ2v) is 8.69. The Balaban J connectivity index is 1.50. The molecule has 34 heavy (non-hydrogen) atoms. The average molecular weight is 456 g/mol. The quantitative estimate of drug-likeness (QED) is 0.389. The number of carbonyl (C=O) groups is 1. The third kappa shape index (κ3) is 4.33. The Morgan fingerprint density at radius 3 is 2.56 bits per heavy atom. The molecule has 1 aliphatic carbocycles. The number of anilines is 1. The molecule has 7 heteroatoms. The number of ether oxygens (including phenoxy) is 1. The summed E-state index contributed by atoms with van der Waals surface area (Å²) < 4.78 is 7.14. The van der Waals surface area contributed by atoms with Crippen LogP contribution in [-0.2, 0) is 6.54 Å². The van der Waals surface area contributed by atoms with E-state index in [1.54, 1.807) is 7.11 Å². The van der Waals surface area contributed by atoms with Crippen molar-refractivity contribution in [3.8, 4) is 5.75 Å². The molecule has 0 aliphatic heterocycles. The lowest BCUT2D eigenvalue weighted by Gasteiger charge is -2.13. The largest absolute Gasteiger partial charge is 0.497 e. The van der Waals surface area contributed by atoms with Crippen molar-refractivity contribution in [2.24, 2.45) is 0 Å². The summed E-state index contributed by atoms with van der Waals surface area (Å²) in [6.45, 7) is 1.05. The number of nitrogens with zero attached hydrogens (tertiary/aromatic N) is 3. The topological polar surface area (TPSA) is 95.1 Å². The van der Waals surface area contributed by atoms with E-state index in [1.165, 1.54) is 18.4 Å². The number of aromatic nitrogens is 3. The molecule has 5 rings (SSSR count). The molecule has 3 N–H and O–H groups in total. The summed E-state index contributed by atoms with van der Waals surface area (Å²) in [5, 5.41) is 3.06. The van der Waals surface area contributed by atoms with Gasteiger partial charge >= 0.3 is 0 Å². The molecular formula is C27H29N5O2. The fourth-order valence-electron chi connectivity index (χ4n) is 4.57. The summed E-state index contributed by atoms with van der Waals surface area (Å²) in [5.74, 6) is 0.945. The van der Waals surface area contributed by atoms with Crippen molar-refractivity contribution in [3.63, 3.8) is 0 Å². The first kappa shape index (κ1) is 21.9. The molecule has 0 saturated heterocycles. The molecule has 0 radical (unpaired) electrons. The summed E-state index contributed by atoms with van der Waals surface area (Å²) >= 11 is 0. The summed E-state index contributed by atoms with van der Waals surface area (Å²) in [6, 6.07) is 15.4. The predicted octanol–water partition coefficient (Wildman–Crippen LogP) is 4.84. The molecule has 0 spiro atoms. The fraction of sp³-hybridized carbons (Fsp3) is 0.296. The maximum Gasteiger partial charge on any atom is 0.257 e. The SMILES string of the molecule is COc1ccc(Cn2c(N)c(C(=O)NCCC3=CCCCC3)c3nc4ccccc4nc32)cc1. The van der Waals surface area contributed by atoms with Crippen LogP contribution < -0.4 is 15.8 Å². The summed E-state index contributed by atoms with van der Waals surface area (Å²) in [5.41, 5.74) is 12.0. The minimum Gasteiger partial charge on any atom is -0.497 e. The first-order chi connectivity index (χ1) is 16.6. The number of nitrogens with one attached hydrogen (secondary N) is 1. The number of para-hydroxylation sites is 2. The van der Waals surface area contributed by atoms with Crippen molar-refractivity contribution in [1.82, 2.24) is 19.9 Å². The number of nitrogen functional groups attached to an aromatic ring is 1. The van der Waals surface area contributed by atoms with Crippen LogP contribution in [0.3, 0.4) is 0 Å². The first-order valence-electron chi connectivity index (χ1n) is 11.8. The van der Waals surface area contributed by atoms with Gasteiger partial charge in [-0.05, 0) is 61.9 Å². The van der Waals surface area contributed by atoms with E-state index >= 15 is 0 Å². The van der Waals surface area contributed by atoms with Crippen LogP contribution >= 0.6 is 0 Å². The maximum atomic E-state index is 13.3. The predicted molar refractivity (Wildman–Crippen MR) is 135 cm³/mol. The van der Waals surface area contributed by atoms with E-state index in [4.69, 9.17) is 20.4 Å². The van der Waals surface area contributed by atoms with Crippen LogP contribution in [0.2, 0.25) is 0 Å². The minimum absolute atomic E-state index is 0.211. The van der Waals surface area contributed by atoms with Crippen molar-refractivity contribution in [2.45, 2.75) is 38.6 Å². The number of fused-ring (bicyclic) bond motifs is 2. The van der Waals surface area contributed by atoms with Gasteiger partial charge in [-0.15, -0.1) is 0 Å². The molecule has 2 aromatic heterocycles. The van der Waals surface area contributed by atoms with Gasteiger partial charge in [-0.25, -0.2) is 9.97 Å². The van der Waals surface area contributed by atoms with Crippen LogP contribution in [0.25, 0.3) is 22.2 Å². The zero-order valence-corrected chi connectivity index (χ0v) is 19.4. The molecule has 4 aromatic rings. The van der Waals surface area contributed by atoms with E-state index in [0.717, 1.165) is 41.6 Å². The van der Waals surface area contributed by atoms with Crippen LogP contribution in [0.4, 0.5) is 5.82 Å². The molecule has 0 bridgehead atoms. The van der Waals surface area contributed by atoms with Gasteiger partial charge in [0.2, 0.25) is 0 Å². The van der Waals surface area contributed by atoms with E-state index in [-0.39, 0.29) is 5.91 Å². The normalized spacial score (nSPS) is 13.7. The number of carbonyl (C=O) groups excluding carboxylic acids is 1. The summed E-state index contributed by atoms with van der Waals surface area (Å²) in [7, 11) is 1.64. The van der Waals surface area contributed by atoms with Gasteiger partial charge in [-0.1, -0.05) is 35.9 Å². The number of methoxy groups -OCH3 is 1. The number of nitrogens with two attached hydrogens (primary N) is 1. The van der Waals surface area contributed by atoms with Gasteiger partial charge in [0.05, 0.1) is 24.7 Å². The average Bonchev–Trinajstić information content (AvgIpc) is 3.13. The Bertz CT molecular complexity index is 1370. The van der Waals surface area contributed by atoms with Gasteiger partial charge in [0, 0.05) is 6.54 Å². The van der Waals surface area contributed by atoms with Gasteiger partial charge in [-0.3, -0.25) is 4.79 Å². The molecule has 1 amide bonds. The Morgan fingerprint density at radius 2 is 1.85 bits per heavy atom. The van der Waals surface area contributed by atoms with Gasteiger partial charge in [-0.2, -0.15) is 0 Å². The zero-order chi connectivity index (χ0) is 23.5. The molecule has 174 valence electrons. The Morgan fingerprint density at radius 1 is 1.09 bits per heavy atom. The first-order valence-corrected chi connectivity index (χ1v) is 11.8. The third-order valence-corrected chi connectivity index (χ3v) is 6.44. The van der Waals surface area contributed by atoms with Crippen LogP contribution in [0.1, 0.15) is 48.0 Å². The molecule has 0 atom stereocenters. The molecule has 7 nitrogen and oxygen atoms in total. The second-order valence-electron chi connectivity index (χ2n) is 8.69. The van der Waals surface area contributed by atoms with Gasteiger partial charge < -0.3 is 20.4 Å². The zero-order valence-electron chi connectivity index (χ0n) is 19.4. The number of amides is 1. The summed E-state index contributed by atoms with van der Waals surface area (Å²) in [6.07, 6.45) is 7.92. The fourth-order valence-corrected chi connectivity index (χ4v) is 4.57. The van der Waals surface area contributed by atoms with Crippen molar-refractivity contribution < 1.29 is 9.53 Å². The lowest BCUT2D eigenvalue weighted by Crippen LogP contribution is -2.26. The highest BCUT2D eigenvalue weighted by Crippen LogP contribution is 2.29. The highest BCUT2D eigenvalue weighted by atomic mass is 16.5. The number of hydrogen-bond acceptors (Lipinski definition) is 5. The Kier molecular flexibility index (Phi) is 6.16. The minimum atomic E-state index is -0.211. The standard InChI is InChI=1S/C27H29N5O2/c1-34-20-13-11-19(12-14-20)17-32-25(28)23(27(33)29-16-15-18-7-3-2-4-8-18)24-26(32)31-22-10-6-5-9-21(22)30-24/h5-7,9-14H,2-4,8,15-17,28H2,1H3,(H,29,33). The van der Waals surface area contributed by atoms with Crippen LogP contribution in [0.15, 0.2) is 60.2 Å². The van der Waals surface area contributed by atoms with Crippen LogP contribution in [-0.4, -0.2) is 34.1 Å². The van der Waals surface area contributed by atoms with E-state index in [2.05, 4.69) is 11.4 Å². The van der Waals surface area contributed by atoms with Crippen molar-refractivity contribution >= 4 is 33.9 Å². The lowest BCUT2D eigenvalue weighted by molar-refractivity contribution is 0.0956. The number of benzene rings is 2. The number of hydrogen-bond donors (Lipinski definition) is 2. The second kappa shape index (κ2) is 9.55.